The molecule has 2 heterocycles. The van der Waals surface area contributed by atoms with E-state index in [9.17, 15) is 4.79 Å². The molecule has 0 radical (unpaired) electrons. The Labute approximate surface area is 92.7 Å². The van der Waals surface area contributed by atoms with E-state index in [0.717, 1.165) is 18.0 Å². The van der Waals surface area contributed by atoms with Crippen molar-refractivity contribution in [3.63, 3.8) is 0 Å². The molecule has 2 aliphatic rings. The number of fused-ring (bicyclic) bond motifs is 1. The van der Waals surface area contributed by atoms with Crippen molar-refractivity contribution >= 4 is 22.9 Å². The van der Waals surface area contributed by atoms with Crippen LogP contribution in [0.15, 0.2) is 6.07 Å². The quantitative estimate of drug-likeness (QED) is 0.766. The van der Waals surface area contributed by atoms with Gasteiger partial charge in [0, 0.05) is 22.2 Å². The molecule has 0 saturated heterocycles. The van der Waals surface area contributed by atoms with Crippen LogP contribution in [0.25, 0.3) is 0 Å². The highest BCUT2D eigenvalue weighted by atomic mass is 32.1. The molecule has 1 aliphatic heterocycles. The maximum Gasteiger partial charge on any atom is 0.224 e. The molecule has 1 unspecified atom stereocenters. The number of carbonyl (C=O) groups is 1. The molecule has 4 heteroatoms. The van der Waals surface area contributed by atoms with E-state index in [-0.39, 0.29) is 11.9 Å². The molecule has 1 saturated carbocycles. The van der Waals surface area contributed by atoms with Crippen molar-refractivity contribution < 1.29 is 4.79 Å². The summed E-state index contributed by atoms with van der Waals surface area (Å²) in [7, 11) is 0. The van der Waals surface area contributed by atoms with Crippen molar-refractivity contribution in [2.45, 2.75) is 37.6 Å². The van der Waals surface area contributed by atoms with Crippen molar-refractivity contribution in [1.29, 1.82) is 0 Å². The normalized spacial score (nSPS) is 25.7. The van der Waals surface area contributed by atoms with Crippen molar-refractivity contribution in [1.82, 2.24) is 0 Å². The Morgan fingerprint density at radius 1 is 1.40 bits per heavy atom. The number of nitrogens with two attached hydrogens (primary N) is 1. The van der Waals surface area contributed by atoms with E-state index in [1.54, 1.807) is 11.3 Å². The van der Waals surface area contributed by atoms with Crippen LogP contribution in [-0.2, 0) is 4.79 Å². The van der Waals surface area contributed by atoms with Crippen LogP contribution in [-0.4, -0.2) is 5.91 Å². The molecule has 15 heavy (non-hydrogen) atoms. The summed E-state index contributed by atoms with van der Waals surface area (Å²) in [5.74, 6) is 0.843. The predicted octanol–water partition coefficient (Wildman–Crippen LogP) is 2.36. The number of anilines is 1. The lowest BCUT2D eigenvalue weighted by atomic mass is 10.1. The largest absolute Gasteiger partial charge is 0.325 e. The topological polar surface area (TPSA) is 55.1 Å². The lowest BCUT2D eigenvalue weighted by Gasteiger charge is -2.05. The fourth-order valence-corrected chi connectivity index (χ4v) is 3.32. The highest BCUT2D eigenvalue weighted by Gasteiger charge is 2.29. The van der Waals surface area contributed by atoms with E-state index in [4.69, 9.17) is 5.73 Å². The molecule has 1 fully saturated rings. The van der Waals surface area contributed by atoms with Gasteiger partial charge in [-0.3, -0.25) is 4.79 Å². The molecule has 0 bridgehead atoms. The van der Waals surface area contributed by atoms with Crippen LogP contribution in [0.1, 0.15) is 47.4 Å². The Kier molecular flexibility index (Phi) is 2.07. The molecule has 3 N–H and O–H groups in total. The third-order valence-corrected chi connectivity index (χ3v) is 4.48. The van der Waals surface area contributed by atoms with E-state index >= 15 is 0 Å². The van der Waals surface area contributed by atoms with Gasteiger partial charge in [0.05, 0.1) is 5.69 Å². The van der Waals surface area contributed by atoms with E-state index in [1.807, 2.05) is 0 Å². The summed E-state index contributed by atoms with van der Waals surface area (Å²) in [6.45, 7) is 0. The van der Waals surface area contributed by atoms with Gasteiger partial charge < -0.3 is 11.1 Å². The first-order valence-electron chi connectivity index (χ1n) is 5.43. The average Bonchev–Trinajstić information content (AvgIpc) is 2.98. The van der Waals surface area contributed by atoms with Crippen LogP contribution in [0, 0.1) is 0 Å². The Balaban J connectivity index is 1.98. The first kappa shape index (κ1) is 9.36. The average molecular weight is 222 g/mol. The monoisotopic (exact) mass is 222 g/mol. The summed E-state index contributed by atoms with van der Waals surface area (Å²) in [6.07, 6.45) is 3.90. The van der Waals surface area contributed by atoms with Gasteiger partial charge in [-0.1, -0.05) is 0 Å². The number of rotatable bonds is 1. The summed E-state index contributed by atoms with van der Waals surface area (Å²) < 4.78 is 0. The van der Waals surface area contributed by atoms with Gasteiger partial charge in [-0.05, 0) is 31.2 Å². The first-order chi connectivity index (χ1) is 7.24. The summed E-state index contributed by atoms with van der Waals surface area (Å²) in [5, 5.41) is 2.95. The van der Waals surface area contributed by atoms with Crippen LogP contribution in [0.2, 0.25) is 0 Å². The zero-order chi connectivity index (χ0) is 10.4. The number of hydrogen-bond donors (Lipinski definition) is 2. The van der Waals surface area contributed by atoms with Crippen molar-refractivity contribution in [3.8, 4) is 0 Å². The molecule has 1 atom stereocenters. The summed E-state index contributed by atoms with van der Waals surface area (Å²) in [4.78, 5) is 14.0. The zero-order valence-electron chi connectivity index (χ0n) is 8.45. The number of thiophene rings is 1. The number of nitrogens with one attached hydrogen (secondary N) is 1. The van der Waals surface area contributed by atoms with Crippen molar-refractivity contribution in [2.24, 2.45) is 5.73 Å². The minimum Gasteiger partial charge on any atom is -0.325 e. The second kappa shape index (κ2) is 3.32. The first-order valence-corrected chi connectivity index (χ1v) is 6.25. The molecule has 0 spiro atoms. The molecule has 3 rings (SSSR count). The molecular formula is C11H14N2OS. The molecule has 3 nitrogen and oxygen atoms in total. The zero-order valence-corrected chi connectivity index (χ0v) is 9.27. The highest BCUT2D eigenvalue weighted by molar-refractivity contribution is 7.12. The fraction of sp³-hybridized carbons (Fsp3) is 0.545. The number of amides is 1. The summed E-state index contributed by atoms with van der Waals surface area (Å²) in [5.41, 5.74) is 7.03. The Bertz CT molecular complexity index is 409. The van der Waals surface area contributed by atoms with Gasteiger partial charge in [0.1, 0.15) is 0 Å². The van der Waals surface area contributed by atoms with Crippen molar-refractivity contribution in [2.75, 3.05) is 5.32 Å². The van der Waals surface area contributed by atoms with Gasteiger partial charge in [-0.15, -0.1) is 11.3 Å². The third-order valence-electron chi connectivity index (χ3n) is 3.05. The third kappa shape index (κ3) is 1.68. The smallest absolute Gasteiger partial charge is 0.224 e. The minimum absolute atomic E-state index is 0.0384. The van der Waals surface area contributed by atoms with Gasteiger partial charge in [0.2, 0.25) is 5.91 Å². The van der Waals surface area contributed by atoms with Crippen LogP contribution in [0.4, 0.5) is 5.69 Å². The van der Waals surface area contributed by atoms with Crippen LogP contribution in [0.3, 0.4) is 0 Å². The van der Waals surface area contributed by atoms with Crippen LogP contribution >= 0.6 is 11.3 Å². The predicted molar refractivity (Wildman–Crippen MR) is 61.1 cm³/mol. The van der Waals surface area contributed by atoms with Gasteiger partial charge in [0.15, 0.2) is 0 Å². The second-order valence-electron chi connectivity index (χ2n) is 4.39. The SMILES string of the molecule is NC1CCC(=O)Nc2cc(C3CC3)sc21. The number of hydrogen-bond acceptors (Lipinski definition) is 3. The second-order valence-corrected chi connectivity index (χ2v) is 5.51. The van der Waals surface area contributed by atoms with Gasteiger partial charge in [-0.2, -0.15) is 0 Å². The maximum absolute atomic E-state index is 11.4. The van der Waals surface area contributed by atoms with Gasteiger partial charge in [-0.25, -0.2) is 0 Å². The van der Waals surface area contributed by atoms with E-state index < -0.39 is 0 Å². The van der Waals surface area contributed by atoms with Gasteiger partial charge >= 0.3 is 0 Å². The minimum atomic E-state index is 0.0384. The highest BCUT2D eigenvalue weighted by Crippen LogP contribution is 2.47. The lowest BCUT2D eigenvalue weighted by Crippen LogP contribution is -2.09. The Morgan fingerprint density at radius 2 is 2.20 bits per heavy atom. The van der Waals surface area contributed by atoms with E-state index in [2.05, 4.69) is 11.4 Å². The molecule has 1 amide bonds. The fourth-order valence-electron chi connectivity index (χ4n) is 2.00. The standard InChI is InChI=1S/C11H14N2OS/c12-7-3-4-10(14)13-8-5-9(6-1-2-6)15-11(7)8/h5-7H,1-4,12H2,(H,13,14). The van der Waals surface area contributed by atoms with E-state index in [1.165, 1.54) is 22.6 Å². The molecule has 1 aromatic heterocycles. The molecule has 1 aromatic rings. The van der Waals surface area contributed by atoms with Crippen LogP contribution in [0.5, 0.6) is 0 Å². The Hall–Kier alpha value is -0.870. The van der Waals surface area contributed by atoms with E-state index in [0.29, 0.717) is 6.42 Å². The molecule has 1 aliphatic carbocycles. The lowest BCUT2D eigenvalue weighted by molar-refractivity contribution is -0.116. The van der Waals surface area contributed by atoms with Gasteiger partial charge in [0.25, 0.3) is 0 Å². The maximum atomic E-state index is 11.4. The summed E-state index contributed by atoms with van der Waals surface area (Å²) in [6, 6.07) is 2.16. The number of carbonyl (C=O) groups excluding carboxylic acids is 1. The van der Waals surface area contributed by atoms with Crippen LogP contribution < -0.4 is 11.1 Å². The van der Waals surface area contributed by atoms with Crippen molar-refractivity contribution in [3.05, 3.63) is 15.8 Å². The Morgan fingerprint density at radius 3 is 2.93 bits per heavy atom. The molecular weight excluding hydrogens is 208 g/mol. The molecule has 80 valence electrons. The molecule has 0 aromatic carbocycles. The summed E-state index contributed by atoms with van der Waals surface area (Å²) >= 11 is 1.79.